The minimum Gasteiger partial charge on any atom is -0.506 e. The van der Waals surface area contributed by atoms with E-state index in [0.717, 1.165) is 31.5 Å². The molecule has 1 aromatic rings. The first kappa shape index (κ1) is 15.3. The van der Waals surface area contributed by atoms with E-state index in [0.29, 0.717) is 11.0 Å². The van der Waals surface area contributed by atoms with Gasteiger partial charge in [0.2, 0.25) is 5.91 Å². The van der Waals surface area contributed by atoms with Crippen LogP contribution < -0.4 is 5.32 Å². The Morgan fingerprint density at radius 2 is 2.10 bits per heavy atom. The van der Waals surface area contributed by atoms with Crippen molar-refractivity contribution in [2.75, 3.05) is 13.1 Å². The lowest BCUT2D eigenvalue weighted by Crippen LogP contribution is -2.46. The van der Waals surface area contributed by atoms with Crippen LogP contribution in [0, 0.1) is 0 Å². The van der Waals surface area contributed by atoms with E-state index in [4.69, 9.17) is 0 Å². The SMILES string of the molecule is CC(NCc1cccc(Br)c1O)C(=O)N1CCCCC1. The van der Waals surface area contributed by atoms with E-state index in [2.05, 4.69) is 21.2 Å². The molecular weight excluding hydrogens is 320 g/mol. The van der Waals surface area contributed by atoms with Gasteiger partial charge in [-0.2, -0.15) is 0 Å². The number of piperidine rings is 1. The van der Waals surface area contributed by atoms with Gasteiger partial charge in [0.05, 0.1) is 10.5 Å². The summed E-state index contributed by atoms with van der Waals surface area (Å²) in [6.45, 7) is 4.10. The maximum absolute atomic E-state index is 12.3. The normalized spacial score (nSPS) is 17.0. The summed E-state index contributed by atoms with van der Waals surface area (Å²) < 4.78 is 0.673. The maximum atomic E-state index is 12.3. The molecule has 1 fully saturated rings. The lowest BCUT2D eigenvalue weighted by Gasteiger charge is -2.29. The smallest absolute Gasteiger partial charge is 0.239 e. The monoisotopic (exact) mass is 340 g/mol. The molecule has 0 radical (unpaired) electrons. The van der Waals surface area contributed by atoms with E-state index in [-0.39, 0.29) is 17.7 Å². The van der Waals surface area contributed by atoms with Gasteiger partial charge in [0.15, 0.2) is 0 Å². The molecule has 0 aromatic heterocycles. The molecule has 1 aromatic carbocycles. The molecule has 0 spiro atoms. The van der Waals surface area contributed by atoms with Crippen LogP contribution in [0.25, 0.3) is 0 Å². The van der Waals surface area contributed by atoms with Crippen LogP contribution >= 0.6 is 15.9 Å². The molecule has 2 N–H and O–H groups in total. The average Bonchev–Trinajstić information content (AvgIpc) is 2.48. The summed E-state index contributed by atoms with van der Waals surface area (Å²) >= 11 is 3.29. The highest BCUT2D eigenvalue weighted by atomic mass is 79.9. The summed E-state index contributed by atoms with van der Waals surface area (Å²) in [5, 5.41) is 13.1. The van der Waals surface area contributed by atoms with Crippen molar-refractivity contribution in [3.8, 4) is 5.75 Å². The zero-order valence-corrected chi connectivity index (χ0v) is 13.3. The predicted octanol–water partition coefficient (Wildman–Crippen LogP) is 2.65. The number of amides is 1. The summed E-state index contributed by atoms with van der Waals surface area (Å²) in [4.78, 5) is 14.2. The number of halogens is 1. The Morgan fingerprint density at radius 3 is 2.80 bits per heavy atom. The molecule has 1 saturated heterocycles. The highest BCUT2D eigenvalue weighted by Gasteiger charge is 2.21. The second kappa shape index (κ2) is 7.09. The lowest BCUT2D eigenvalue weighted by atomic mass is 10.1. The molecule has 0 aliphatic carbocycles. The molecule has 0 bridgehead atoms. The Morgan fingerprint density at radius 1 is 1.40 bits per heavy atom. The van der Waals surface area contributed by atoms with Crippen LogP contribution in [0.3, 0.4) is 0 Å². The summed E-state index contributed by atoms with van der Waals surface area (Å²) in [5.41, 5.74) is 0.790. The zero-order valence-electron chi connectivity index (χ0n) is 11.7. The quantitative estimate of drug-likeness (QED) is 0.885. The number of aromatic hydroxyl groups is 1. The molecule has 1 amide bonds. The van der Waals surface area contributed by atoms with Crippen molar-refractivity contribution in [3.63, 3.8) is 0 Å². The van der Waals surface area contributed by atoms with Crippen molar-refractivity contribution in [3.05, 3.63) is 28.2 Å². The van der Waals surface area contributed by atoms with E-state index < -0.39 is 0 Å². The molecular formula is C15H21BrN2O2. The lowest BCUT2D eigenvalue weighted by molar-refractivity contribution is -0.133. The number of phenols is 1. The Bertz CT molecular complexity index is 473. The Hall–Kier alpha value is -1.07. The number of nitrogens with zero attached hydrogens (tertiary/aromatic N) is 1. The number of carbonyl (C=O) groups is 1. The third-order valence-electron chi connectivity index (χ3n) is 3.71. The summed E-state index contributed by atoms with van der Waals surface area (Å²) in [5.74, 6) is 0.386. The number of hydrogen-bond acceptors (Lipinski definition) is 3. The van der Waals surface area contributed by atoms with Crippen LogP contribution in [0.15, 0.2) is 22.7 Å². The van der Waals surface area contributed by atoms with E-state index in [1.165, 1.54) is 6.42 Å². The molecule has 20 heavy (non-hydrogen) atoms. The number of rotatable bonds is 4. The first-order valence-electron chi connectivity index (χ1n) is 7.08. The van der Waals surface area contributed by atoms with Crippen molar-refractivity contribution < 1.29 is 9.90 Å². The van der Waals surface area contributed by atoms with Crippen LogP contribution in [0.4, 0.5) is 0 Å². The van der Waals surface area contributed by atoms with Gasteiger partial charge in [-0.3, -0.25) is 4.79 Å². The maximum Gasteiger partial charge on any atom is 0.239 e. The first-order valence-corrected chi connectivity index (χ1v) is 7.87. The van der Waals surface area contributed by atoms with Crippen LogP contribution in [0.5, 0.6) is 5.75 Å². The molecule has 1 aliphatic rings. The number of likely N-dealkylation sites (tertiary alicyclic amines) is 1. The van der Waals surface area contributed by atoms with Gasteiger partial charge in [-0.15, -0.1) is 0 Å². The van der Waals surface area contributed by atoms with Crippen LogP contribution in [-0.2, 0) is 11.3 Å². The molecule has 110 valence electrons. The Labute approximate surface area is 128 Å². The molecule has 1 atom stereocenters. The second-order valence-electron chi connectivity index (χ2n) is 5.24. The van der Waals surface area contributed by atoms with E-state index in [1.54, 1.807) is 6.07 Å². The molecule has 1 unspecified atom stereocenters. The van der Waals surface area contributed by atoms with E-state index >= 15 is 0 Å². The molecule has 2 rings (SSSR count). The van der Waals surface area contributed by atoms with Crippen molar-refractivity contribution in [1.82, 2.24) is 10.2 Å². The molecule has 0 saturated carbocycles. The highest BCUT2D eigenvalue weighted by Crippen LogP contribution is 2.27. The molecule has 4 nitrogen and oxygen atoms in total. The fourth-order valence-electron chi connectivity index (χ4n) is 2.44. The predicted molar refractivity (Wildman–Crippen MR) is 82.5 cm³/mol. The van der Waals surface area contributed by atoms with Crippen molar-refractivity contribution in [2.24, 2.45) is 0 Å². The van der Waals surface area contributed by atoms with Gasteiger partial charge < -0.3 is 15.3 Å². The summed E-state index contributed by atoms with van der Waals surface area (Å²) in [7, 11) is 0. The van der Waals surface area contributed by atoms with Crippen LogP contribution in [-0.4, -0.2) is 35.0 Å². The summed E-state index contributed by atoms with van der Waals surface area (Å²) in [6.07, 6.45) is 3.42. The topological polar surface area (TPSA) is 52.6 Å². The number of benzene rings is 1. The van der Waals surface area contributed by atoms with Gasteiger partial charge in [-0.1, -0.05) is 12.1 Å². The number of phenolic OH excluding ortho intramolecular Hbond substituents is 1. The van der Waals surface area contributed by atoms with Gasteiger partial charge >= 0.3 is 0 Å². The number of carbonyl (C=O) groups excluding carboxylic acids is 1. The van der Waals surface area contributed by atoms with Crippen molar-refractivity contribution in [2.45, 2.75) is 38.8 Å². The molecule has 1 aliphatic heterocycles. The van der Waals surface area contributed by atoms with E-state index in [1.807, 2.05) is 24.0 Å². The van der Waals surface area contributed by atoms with Gasteiger partial charge in [0, 0.05) is 25.2 Å². The number of para-hydroxylation sites is 1. The van der Waals surface area contributed by atoms with Crippen LogP contribution in [0.2, 0.25) is 0 Å². The van der Waals surface area contributed by atoms with Crippen molar-refractivity contribution >= 4 is 21.8 Å². The number of nitrogens with one attached hydrogen (secondary N) is 1. The fraction of sp³-hybridized carbons (Fsp3) is 0.533. The van der Waals surface area contributed by atoms with Crippen LogP contribution in [0.1, 0.15) is 31.7 Å². The van der Waals surface area contributed by atoms with E-state index in [9.17, 15) is 9.90 Å². The largest absolute Gasteiger partial charge is 0.506 e. The fourth-order valence-corrected chi connectivity index (χ4v) is 2.85. The molecule has 1 heterocycles. The third kappa shape index (κ3) is 3.73. The highest BCUT2D eigenvalue weighted by molar-refractivity contribution is 9.10. The third-order valence-corrected chi connectivity index (χ3v) is 4.35. The zero-order chi connectivity index (χ0) is 14.5. The first-order chi connectivity index (χ1) is 9.59. The van der Waals surface area contributed by atoms with Gasteiger partial charge in [0.1, 0.15) is 5.75 Å². The Balaban J connectivity index is 1.89. The minimum absolute atomic E-state index is 0.152. The van der Waals surface area contributed by atoms with Gasteiger partial charge in [-0.25, -0.2) is 0 Å². The second-order valence-corrected chi connectivity index (χ2v) is 6.09. The standard InChI is InChI=1S/C15H21BrN2O2/c1-11(15(20)18-8-3-2-4-9-18)17-10-12-6-5-7-13(16)14(12)19/h5-7,11,17,19H,2-4,8-10H2,1H3. The minimum atomic E-state index is -0.230. The summed E-state index contributed by atoms with van der Waals surface area (Å²) in [6, 6.07) is 5.29. The molecule has 5 heteroatoms. The van der Waals surface area contributed by atoms with Gasteiger partial charge in [-0.05, 0) is 48.2 Å². The Kier molecular flexibility index (Phi) is 5.43. The number of hydrogen-bond donors (Lipinski definition) is 2. The average molecular weight is 341 g/mol. The van der Waals surface area contributed by atoms with Gasteiger partial charge in [0.25, 0.3) is 0 Å². The van der Waals surface area contributed by atoms with Crippen molar-refractivity contribution in [1.29, 1.82) is 0 Å².